The van der Waals surface area contributed by atoms with E-state index in [1.165, 1.54) is 0 Å². The molecule has 0 aliphatic heterocycles. The van der Waals surface area contributed by atoms with E-state index in [0.29, 0.717) is 0 Å². The second-order valence-corrected chi connectivity index (χ2v) is 5.54. The smallest absolute Gasteiger partial charge is 0.314 e. The van der Waals surface area contributed by atoms with Gasteiger partial charge in [-0.25, -0.2) is 0 Å². The van der Waals surface area contributed by atoms with Crippen molar-refractivity contribution in [2.24, 2.45) is 0 Å². The Labute approximate surface area is 118 Å². The number of benzene rings is 2. The van der Waals surface area contributed by atoms with Gasteiger partial charge in [-0.2, -0.15) is 0 Å². The largest absolute Gasteiger partial charge is 0.481 e. The van der Waals surface area contributed by atoms with Crippen LogP contribution in [0.5, 0.6) is 0 Å². The molecule has 2 aromatic carbocycles. The third-order valence-corrected chi connectivity index (χ3v) is 4.17. The van der Waals surface area contributed by atoms with Crippen LogP contribution in [0.15, 0.2) is 42.5 Å². The summed E-state index contributed by atoms with van der Waals surface area (Å²) < 4.78 is 0. The van der Waals surface area contributed by atoms with E-state index in [2.05, 4.69) is 0 Å². The summed E-state index contributed by atoms with van der Waals surface area (Å²) in [5.41, 5.74) is 10.2. The number of hydrogen-bond donors (Lipinski definition) is 2. The van der Waals surface area contributed by atoms with Crippen molar-refractivity contribution >= 4 is 11.7 Å². The molecule has 0 bridgehead atoms. The first-order valence-electron chi connectivity index (χ1n) is 6.73. The van der Waals surface area contributed by atoms with Gasteiger partial charge in [-0.05, 0) is 54.2 Å². The van der Waals surface area contributed by atoms with E-state index < -0.39 is 11.4 Å². The minimum absolute atomic E-state index is 0.636. The number of nitrogens with two attached hydrogens (primary N) is 1. The van der Waals surface area contributed by atoms with Crippen LogP contribution in [-0.2, 0) is 10.2 Å². The zero-order valence-corrected chi connectivity index (χ0v) is 11.4. The molecular weight excluding hydrogens is 250 g/mol. The molecule has 3 heteroatoms. The van der Waals surface area contributed by atoms with Gasteiger partial charge in [0.05, 0.1) is 5.41 Å². The van der Waals surface area contributed by atoms with Gasteiger partial charge in [-0.1, -0.05) is 30.3 Å². The monoisotopic (exact) mass is 267 g/mol. The van der Waals surface area contributed by atoms with Gasteiger partial charge in [-0.15, -0.1) is 0 Å². The first-order valence-corrected chi connectivity index (χ1v) is 6.73. The van der Waals surface area contributed by atoms with Crippen LogP contribution in [0, 0.1) is 6.92 Å². The molecule has 0 radical (unpaired) electrons. The maximum Gasteiger partial charge on any atom is 0.314 e. The van der Waals surface area contributed by atoms with E-state index in [-0.39, 0.29) is 0 Å². The van der Waals surface area contributed by atoms with Crippen molar-refractivity contribution in [2.45, 2.75) is 25.2 Å². The van der Waals surface area contributed by atoms with E-state index in [1.54, 1.807) is 0 Å². The highest BCUT2D eigenvalue weighted by atomic mass is 16.4. The summed E-state index contributed by atoms with van der Waals surface area (Å²) in [6.45, 7) is 2.04. The van der Waals surface area contributed by atoms with Gasteiger partial charge in [0, 0.05) is 5.69 Å². The molecule has 0 heterocycles. The molecule has 3 rings (SSSR count). The molecule has 102 valence electrons. The van der Waals surface area contributed by atoms with Gasteiger partial charge in [0.1, 0.15) is 0 Å². The summed E-state index contributed by atoms with van der Waals surface area (Å²) >= 11 is 0. The van der Waals surface area contributed by atoms with Crippen molar-refractivity contribution in [3.63, 3.8) is 0 Å². The maximum atomic E-state index is 11.3. The topological polar surface area (TPSA) is 63.3 Å². The summed E-state index contributed by atoms with van der Waals surface area (Å²) in [5, 5.41) is 9.31. The predicted octanol–water partition coefficient (Wildman–Crippen LogP) is 3.36. The van der Waals surface area contributed by atoms with Crippen molar-refractivity contribution in [3.8, 4) is 11.1 Å². The third-order valence-electron chi connectivity index (χ3n) is 4.17. The fraction of sp³-hybridized carbons (Fsp3) is 0.235. The molecule has 3 nitrogen and oxygen atoms in total. The molecule has 0 amide bonds. The van der Waals surface area contributed by atoms with E-state index in [9.17, 15) is 9.90 Å². The Morgan fingerprint density at radius 1 is 1.15 bits per heavy atom. The van der Waals surface area contributed by atoms with Gasteiger partial charge in [-0.3, -0.25) is 4.79 Å². The summed E-state index contributed by atoms with van der Waals surface area (Å²) in [7, 11) is 0. The fourth-order valence-electron chi connectivity index (χ4n) is 2.67. The highest BCUT2D eigenvalue weighted by Gasteiger charge is 2.51. The second-order valence-electron chi connectivity index (χ2n) is 5.54. The number of carboxylic acids is 1. The summed E-state index contributed by atoms with van der Waals surface area (Å²) in [6, 6.07) is 13.7. The molecule has 3 N–H and O–H groups in total. The molecule has 2 aromatic rings. The first-order chi connectivity index (χ1) is 9.53. The van der Waals surface area contributed by atoms with E-state index in [1.807, 2.05) is 49.4 Å². The van der Waals surface area contributed by atoms with Crippen molar-refractivity contribution in [3.05, 3.63) is 53.6 Å². The number of rotatable bonds is 3. The lowest BCUT2D eigenvalue weighted by Crippen LogP contribution is -2.19. The lowest BCUT2D eigenvalue weighted by Gasteiger charge is -2.12. The fourth-order valence-corrected chi connectivity index (χ4v) is 2.67. The van der Waals surface area contributed by atoms with E-state index in [4.69, 9.17) is 5.73 Å². The Bertz CT molecular complexity index is 670. The zero-order valence-electron chi connectivity index (χ0n) is 11.4. The number of aliphatic carboxylic acids is 1. The predicted molar refractivity (Wildman–Crippen MR) is 79.6 cm³/mol. The minimum atomic E-state index is -0.717. The quantitative estimate of drug-likeness (QED) is 0.838. The molecular formula is C17H17NO2. The third kappa shape index (κ3) is 1.95. The molecule has 20 heavy (non-hydrogen) atoms. The lowest BCUT2D eigenvalue weighted by molar-refractivity contribution is -0.140. The molecule has 1 aliphatic rings. The number of aryl methyl sites for hydroxylation is 1. The average Bonchev–Trinajstić information content (AvgIpc) is 3.23. The number of hydrogen-bond acceptors (Lipinski definition) is 2. The van der Waals surface area contributed by atoms with Gasteiger partial charge < -0.3 is 10.8 Å². The highest BCUT2D eigenvalue weighted by Crippen LogP contribution is 2.48. The number of anilines is 1. The van der Waals surface area contributed by atoms with Gasteiger partial charge >= 0.3 is 5.97 Å². The van der Waals surface area contributed by atoms with Crippen LogP contribution in [0.2, 0.25) is 0 Å². The minimum Gasteiger partial charge on any atom is -0.481 e. The number of nitrogen functional groups attached to an aromatic ring is 1. The normalized spacial score (nSPS) is 15.8. The van der Waals surface area contributed by atoms with Crippen LogP contribution in [0.3, 0.4) is 0 Å². The van der Waals surface area contributed by atoms with Crippen LogP contribution in [-0.4, -0.2) is 11.1 Å². The summed E-state index contributed by atoms with van der Waals surface area (Å²) in [5.74, 6) is -0.717. The molecule has 1 fully saturated rings. The Morgan fingerprint density at radius 3 is 2.35 bits per heavy atom. The molecule has 0 aromatic heterocycles. The second kappa shape index (κ2) is 4.37. The zero-order chi connectivity index (χ0) is 14.3. The van der Waals surface area contributed by atoms with Crippen molar-refractivity contribution in [1.29, 1.82) is 0 Å². The first kappa shape index (κ1) is 12.7. The van der Waals surface area contributed by atoms with Crippen molar-refractivity contribution in [1.82, 2.24) is 0 Å². The molecule has 0 saturated heterocycles. The maximum absolute atomic E-state index is 11.3. The molecule has 1 aliphatic carbocycles. The molecule has 0 unspecified atom stereocenters. The Balaban J connectivity index is 1.98. The van der Waals surface area contributed by atoms with Crippen LogP contribution in [0.25, 0.3) is 11.1 Å². The van der Waals surface area contributed by atoms with E-state index in [0.717, 1.165) is 40.8 Å². The summed E-state index contributed by atoms with van der Waals surface area (Å²) in [6.07, 6.45) is 1.47. The van der Waals surface area contributed by atoms with Gasteiger partial charge in [0.25, 0.3) is 0 Å². The molecule has 0 spiro atoms. The SMILES string of the molecule is Cc1ccc(N)cc1-c1ccc(C2(C(=O)O)CC2)cc1. The van der Waals surface area contributed by atoms with Crippen LogP contribution < -0.4 is 5.73 Å². The molecule has 1 saturated carbocycles. The average molecular weight is 267 g/mol. The Hall–Kier alpha value is -2.29. The van der Waals surface area contributed by atoms with Crippen LogP contribution in [0.4, 0.5) is 5.69 Å². The van der Waals surface area contributed by atoms with Gasteiger partial charge in [0.2, 0.25) is 0 Å². The Kier molecular flexibility index (Phi) is 2.78. The molecule has 0 atom stereocenters. The van der Waals surface area contributed by atoms with Crippen molar-refractivity contribution < 1.29 is 9.90 Å². The van der Waals surface area contributed by atoms with Crippen LogP contribution >= 0.6 is 0 Å². The Morgan fingerprint density at radius 2 is 1.80 bits per heavy atom. The highest BCUT2D eigenvalue weighted by molar-refractivity contribution is 5.85. The summed E-state index contributed by atoms with van der Waals surface area (Å²) in [4.78, 5) is 11.3. The lowest BCUT2D eigenvalue weighted by atomic mass is 9.93. The van der Waals surface area contributed by atoms with Gasteiger partial charge in [0.15, 0.2) is 0 Å². The van der Waals surface area contributed by atoms with Crippen molar-refractivity contribution in [2.75, 3.05) is 5.73 Å². The van der Waals surface area contributed by atoms with Crippen LogP contribution in [0.1, 0.15) is 24.0 Å². The van der Waals surface area contributed by atoms with E-state index >= 15 is 0 Å². The number of carbonyl (C=O) groups is 1. The standard InChI is InChI=1S/C17H17NO2/c1-11-2-7-14(18)10-15(11)12-3-5-13(6-4-12)17(8-9-17)16(19)20/h2-7,10H,8-9,18H2,1H3,(H,19,20). The number of carboxylic acid groups (broad SMARTS) is 1.